The SMILES string of the molecule is CC(C)(C)c1ccc(C(=O)Nc2cc(-c3ccccc3-c3ccccc3)n3nccc3n2)cc1. The number of hydrogen-bond donors (Lipinski definition) is 1. The minimum Gasteiger partial charge on any atom is -0.306 e. The first-order valence-corrected chi connectivity index (χ1v) is 11.3. The van der Waals surface area contributed by atoms with Gasteiger partial charge in [0, 0.05) is 23.3 Å². The molecule has 0 aliphatic carbocycles. The lowest BCUT2D eigenvalue weighted by atomic mass is 9.87. The van der Waals surface area contributed by atoms with E-state index in [9.17, 15) is 4.79 Å². The number of hydrogen-bond acceptors (Lipinski definition) is 3. The molecule has 168 valence electrons. The minimum absolute atomic E-state index is 0.0324. The standard InChI is InChI=1S/C29H26N4O/c1-29(2,3)22-15-13-21(14-16-22)28(34)32-26-19-25(33-27(31-26)17-18-30-33)24-12-8-7-11-23(24)20-9-5-4-6-10-20/h4-19H,1-3H3,(H,31,32,34). The van der Waals surface area contributed by atoms with Gasteiger partial charge in [0.05, 0.1) is 11.9 Å². The van der Waals surface area contributed by atoms with Gasteiger partial charge in [0.2, 0.25) is 0 Å². The Morgan fingerprint density at radius 1 is 0.824 bits per heavy atom. The van der Waals surface area contributed by atoms with Gasteiger partial charge < -0.3 is 5.32 Å². The fourth-order valence-corrected chi connectivity index (χ4v) is 4.05. The maximum Gasteiger partial charge on any atom is 0.256 e. The highest BCUT2D eigenvalue weighted by atomic mass is 16.1. The predicted octanol–water partition coefficient (Wildman–Crippen LogP) is 6.61. The summed E-state index contributed by atoms with van der Waals surface area (Å²) < 4.78 is 1.80. The lowest BCUT2D eigenvalue weighted by Crippen LogP contribution is -2.15. The van der Waals surface area contributed by atoms with Gasteiger partial charge in [0.15, 0.2) is 5.65 Å². The summed E-state index contributed by atoms with van der Waals surface area (Å²) in [5.74, 6) is 0.287. The second-order valence-corrected chi connectivity index (χ2v) is 9.32. The molecule has 5 aromatic rings. The molecule has 2 aromatic heterocycles. The van der Waals surface area contributed by atoms with Crippen molar-refractivity contribution in [2.75, 3.05) is 5.32 Å². The summed E-state index contributed by atoms with van der Waals surface area (Å²) in [6.45, 7) is 6.46. The minimum atomic E-state index is -0.195. The van der Waals surface area contributed by atoms with Gasteiger partial charge >= 0.3 is 0 Å². The molecule has 0 saturated heterocycles. The van der Waals surface area contributed by atoms with Gasteiger partial charge in [-0.15, -0.1) is 0 Å². The zero-order valence-electron chi connectivity index (χ0n) is 19.5. The highest BCUT2D eigenvalue weighted by Gasteiger charge is 2.17. The number of carbonyl (C=O) groups is 1. The van der Waals surface area contributed by atoms with E-state index in [2.05, 4.69) is 60.4 Å². The summed E-state index contributed by atoms with van der Waals surface area (Å²) in [6.07, 6.45) is 1.72. The number of rotatable bonds is 4. The lowest BCUT2D eigenvalue weighted by molar-refractivity contribution is 0.102. The van der Waals surface area contributed by atoms with E-state index in [1.807, 2.05) is 66.7 Å². The van der Waals surface area contributed by atoms with Gasteiger partial charge in [0.25, 0.3) is 5.91 Å². The van der Waals surface area contributed by atoms with E-state index in [1.165, 1.54) is 5.56 Å². The van der Waals surface area contributed by atoms with E-state index < -0.39 is 0 Å². The predicted molar refractivity (Wildman–Crippen MR) is 137 cm³/mol. The van der Waals surface area contributed by atoms with Gasteiger partial charge in [-0.05, 0) is 34.2 Å². The van der Waals surface area contributed by atoms with Crippen molar-refractivity contribution in [3.8, 4) is 22.4 Å². The van der Waals surface area contributed by atoms with E-state index in [-0.39, 0.29) is 11.3 Å². The average molecular weight is 447 g/mol. The summed E-state index contributed by atoms with van der Waals surface area (Å²) in [6, 6.07) is 29.9. The van der Waals surface area contributed by atoms with E-state index in [0.717, 1.165) is 22.4 Å². The molecular formula is C29H26N4O. The van der Waals surface area contributed by atoms with Crippen LogP contribution >= 0.6 is 0 Å². The number of amides is 1. The van der Waals surface area contributed by atoms with Crippen LogP contribution in [0, 0.1) is 0 Å². The van der Waals surface area contributed by atoms with Crippen molar-refractivity contribution >= 4 is 17.4 Å². The molecule has 5 rings (SSSR count). The largest absolute Gasteiger partial charge is 0.306 e. The summed E-state index contributed by atoms with van der Waals surface area (Å²) in [5, 5.41) is 7.46. The summed E-state index contributed by atoms with van der Waals surface area (Å²) in [4.78, 5) is 17.6. The van der Waals surface area contributed by atoms with Crippen molar-refractivity contribution in [3.05, 3.63) is 108 Å². The van der Waals surface area contributed by atoms with Gasteiger partial charge in [0.1, 0.15) is 5.82 Å². The molecule has 0 saturated carbocycles. The zero-order chi connectivity index (χ0) is 23.7. The van der Waals surface area contributed by atoms with Crippen LogP contribution in [0.5, 0.6) is 0 Å². The van der Waals surface area contributed by atoms with Crippen LogP contribution in [0.2, 0.25) is 0 Å². The molecule has 1 N–H and O–H groups in total. The number of nitrogens with one attached hydrogen (secondary N) is 1. The molecule has 0 bridgehead atoms. The third kappa shape index (κ3) is 4.20. The highest BCUT2D eigenvalue weighted by molar-refractivity contribution is 6.04. The first-order chi connectivity index (χ1) is 16.4. The van der Waals surface area contributed by atoms with E-state index in [1.54, 1.807) is 10.7 Å². The maximum absolute atomic E-state index is 13.0. The fraction of sp³-hybridized carbons (Fsp3) is 0.138. The molecule has 5 heteroatoms. The number of nitrogens with zero attached hydrogens (tertiary/aromatic N) is 3. The zero-order valence-corrected chi connectivity index (χ0v) is 19.5. The molecule has 0 atom stereocenters. The first kappa shape index (κ1) is 21.6. The molecule has 0 aliphatic rings. The normalized spacial score (nSPS) is 11.5. The summed E-state index contributed by atoms with van der Waals surface area (Å²) in [7, 11) is 0. The van der Waals surface area contributed by atoms with Gasteiger partial charge in [-0.1, -0.05) is 87.5 Å². The fourth-order valence-electron chi connectivity index (χ4n) is 4.05. The molecule has 34 heavy (non-hydrogen) atoms. The number of anilines is 1. The molecule has 0 aliphatic heterocycles. The molecule has 3 aromatic carbocycles. The maximum atomic E-state index is 13.0. The van der Waals surface area contributed by atoms with Gasteiger partial charge in [-0.3, -0.25) is 4.79 Å². The van der Waals surface area contributed by atoms with E-state index >= 15 is 0 Å². The molecule has 1 amide bonds. The Bertz CT molecular complexity index is 1460. The molecule has 0 radical (unpaired) electrons. The van der Waals surface area contributed by atoms with Crippen molar-refractivity contribution in [1.29, 1.82) is 0 Å². The lowest BCUT2D eigenvalue weighted by Gasteiger charge is -2.19. The van der Waals surface area contributed by atoms with Crippen LogP contribution < -0.4 is 5.32 Å². The number of carbonyl (C=O) groups excluding carboxylic acids is 1. The summed E-state index contributed by atoms with van der Waals surface area (Å²) >= 11 is 0. The van der Waals surface area contributed by atoms with Crippen molar-refractivity contribution in [3.63, 3.8) is 0 Å². The third-order valence-corrected chi connectivity index (χ3v) is 5.90. The Morgan fingerprint density at radius 2 is 1.50 bits per heavy atom. The second kappa shape index (κ2) is 8.60. The Labute approximate surface area is 199 Å². The monoisotopic (exact) mass is 446 g/mol. The average Bonchev–Trinajstić information content (AvgIpc) is 3.32. The quantitative estimate of drug-likeness (QED) is 0.338. The Hall–Kier alpha value is -4.25. The van der Waals surface area contributed by atoms with Crippen LogP contribution in [0.1, 0.15) is 36.7 Å². The number of fused-ring (bicyclic) bond motifs is 1. The van der Waals surface area contributed by atoms with Crippen molar-refractivity contribution in [2.24, 2.45) is 0 Å². The number of aromatic nitrogens is 3. The Balaban J connectivity index is 1.54. The Morgan fingerprint density at radius 3 is 2.21 bits per heavy atom. The Kier molecular flexibility index (Phi) is 5.46. The van der Waals surface area contributed by atoms with E-state index in [4.69, 9.17) is 0 Å². The van der Waals surface area contributed by atoms with Crippen LogP contribution in [-0.4, -0.2) is 20.5 Å². The summed E-state index contributed by atoms with van der Waals surface area (Å²) in [5.41, 5.74) is 6.53. The topological polar surface area (TPSA) is 59.3 Å². The van der Waals surface area contributed by atoms with Crippen LogP contribution in [0.3, 0.4) is 0 Å². The smallest absolute Gasteiger partial charge is 0.256 e. The van der Waals surface area contributed by atoms with Crippen LogP contribution in [0.25, 0.3) is 28.0 Å². The molecular weight excluding hydrogens is 420 g/mol. The van der Waals surface area contributed by atoms with Gasteiger partial charge in [-0.2, -0.15) is 5.10 Å². The molecule has 0 fully saturated rings. The van der Waals surface area contributed by atoms with Crippen LogP contribution in [-0.2, 0) is 5.41 Å². The second-order valence-electron chi connectivity index (χ2n) is 9.32. The molecule has 2 heterocycles. The van der Waals surface area contributed by atoms with Crippen molar-refractivity contribution in [1.82, 2.24) is 14.6 Å². The first-order valence-electron chi connectivity index (χ1n) is 11.3. The van der Waals surface area contributed by atoms with Gasteiger partial charge in [-0.25, -0.2) is 9.50 Å². The van der Waals surface area contributed by atoms with Crippen molar-refractivity contribution in [2.45, 2.75) is 26.2 Å². The number of benzene rings is 3. The third-order valence-electron chi connectivity index (χ3n) is 5.90. The molecule has 0 unspecified atom stereocenters. The molecule has 0 spiro atoms. The van der Waals surface area contributed by atoms with Crippen LogP contribution in [0.4, 0.5) is 5.82 Å². The van der Waals surface area contributed by atoms with Crippen LogP contribution in [0.15, 0.2) is 97.2 Å². The molecule has 5 nitrogen and oxygen atoms in total. The van der Waals surface area contributed by atoms with E-state index in [0.29, 0.717) is 17.0 Å². The van der Waals surface area contributed by atoms with Crippen molar-refractivity contribution < 1.29 is 4.79 Å². The highest BCUT2D eigenvalue weighted by Crippen LogP contribution is 2.33.